The molecule has 3 aliphatic heterocycles. The lowest BCUT2D eigenvalue weighted by molar-refractivity contribution is -0.144. The SMILES string of the molecule is CC[C@H](C)[C@@H]1NC(=O)CNC(=O)[C@H]2Cc3c([nH]c4cc(OCCCSSC[C@H](NC(=O)[C@H](Cc5ccccc5)NC(=O)[C@H](Cc5ccccc5)NC(=O)CCCCCCCNC(=O)CCC(NC(=O)NC(CCC(=O)O)C(=O)O)C(=O)O)C(=O)O)ccc34)[S+]([O-])C[C@H](NC(=O)CNC1=O)C(=O)N[C@@H](CC(N)=O)C(=O)N1C[C@H](O)C[C@H]1C(=O)N[C@@H]([C@@H](C)[C@@H](O)CO)C(=O)N2. The van der Waals surface area contributed by atoms with Crippen molar-refractivity contribution in [1.82, 2.24) is 79.0 Å². The van der Waals surface area contributed by atoms with E-state index in [1.165, 1.54) is 35.9 Å². The second-order valence-electron chi connectivity index (χ2n) is 31.1. The van der Waals surface area contributed by atoms with E-state index in [-0.39, 0.29) is 78.3 Å². The summed E-state index contributed by atoms with van der Waals surface area (Å²) in [5.41, 5.74) is 7.08. The molecule has 0 saturated carbocycles. The third-order valence-corrected chi connectivity index (χ3v) is 25.3. The number of aliphatic hydroxyl groups excluding tert-OH is 3. The summed E-state index contributed by atoms with van der Waals surface area (Å²) in [6.45, 7) is 1.65. The van der Waals surface area contributed by atoms with Crippen LogP contribution in [0.25, 0.3) is 10.9 Å². The highest BCUT2D eigenvalue weighted by Crippen LogP contribution is 2.33. The number of carboxylic acid groups (broad SMARTS) is 4. The average Bonchev–Trinajstić information content (AvgIpc) is 1.63. The van der Waals surface area contributed by atoms with Gasteiger partial charge in [0, 0.05) is 104 Å². The summed E-state index contributed by atoms with van der Waals surface area (Å²) in [7, 11) is 2.36. The highest BCUT2D eigenvalue weighted by Gasteiger charge is 2.46. The second kappa shape index (κ2) is 51.8. The van der Waals surface area contributed by atoms with Crippen LogP contribution in [0.1, 0.15) is 127 Å². The Balaban J connectivity index is 1.01. The van der Waals surface area contributed by atoms with Crippen molar-refractivity contribution in [2.45, 2.75) is 214 Å². The molecule has 0 radical (unpaired) electrons. The van der Waals surface area contributed by atoms with E-state index in [1.807, 2.05) is 5.32 Å². The highest BCUT2D eigenvalue weighted by molar-refractivity contribution is 8.76. The van der Waals surface area contributed by atoms with Crippen LogP contribution in [0.15, 0.2) is 83.9 Å². The van der Waals surface area contributed by atoms with Gasteiger partial charge in [0.05, 0.1) is 50.4 Å². The van der Waals surface area contributed by atoms with Gasteiger partial charge in [-0.1, -0.05) is 129 Å². The number of fused-ring (bicyclic) bond motifs is 5. The number of carboxylic acids is 4. The Labute approximate surface area is 746 Å². The summed E-state index contributed by atoms with van der Waals surface area (Å²) in [6.07, 6.45) is -3.54. The molecule has 4 heterocycles. The van der Waals surface area contributed by atoms with Gasteiger partial charge < -0.3 is 130 Å². The molecule has 7 rings (SSSR count). The first-order chi connectivity index (χ1) is 60.9. The van der Waals surface area contributed by atoms with Crippen LogP contribution in [0.3, 0.4) is 0 Å². The summed E-state index contributed by atoms with van der Waals surface area (Å²) in [6, 6.07) is 2.96. The van der Waals surface area contributed by atoms with Gasteiger partial charge in [0.1, 0.15) is 71.9 Å². The fraction of sp³-hybridized carbons (Fsp3) is 0.537. The molecule has 700 valence electrons. The number of unbranched alkanes of at least 4 members (excludes halogenated alkanes) is 4. The predicted octanol–water partition coefficient (Wildman–Crippen LogP) is -3.14. The number of urea groups is 1. The number of nitrogens with one attached hydrogen (secondary N) is 14. The number of nitrogens with two attached hydrogens (primary N) is 1. The van der Waals surface area contributed by atoms with E-state index in [2.05, 4.69) is 68.8 Å². The van der Waals surface area contributed by atoms with Crippen LogP contribution in [0.2, 0.25) is 0 Å². The van der Waals surface area contributed by atoms with Crippen LogP contribution in [0.5, 0.6) is 5.75 Å². The van der Waals surface area contributed by atoms with Gasteiger partial charge in [-0.2, -0.15) is 0 Å². The fourth-order valence-corrected chi connectivity index (χ4v) is 17.7. The summed E-state index contributed by atoms with van der Waals surface area (Å²) in [5.74, 6) is -20.5. The zero-order valence-electron chi connectivity index (χ0n) is 70.6. The average molecular weight is 1850 g/mol. The largest absolute Gasteiger partial charge is 0.610 e. The molecule has 0 spiro atoms. The monoisotopic (exact) mass is 1850 g/mol. The van der Waals surface area contributed by atoms with Crippen LogP contribution < -0.4 is 79.6 Å². The Morgan fingerprint density at radius 2 is 1.22 bits per heavy atom. The van der Waals surface area contributed by atoms with E-state index in [0.29, 0.717) is 61.8 Å². The molecule has 3 aliphatic rings. The number of hydrogen-bond acceptors (Lipinski definition) is 25. The van der Waals surface area contributed by atoms with E-state index < -0.39 is 272 Å². The highest BCUT2D eigenvalue weighted by atomic mass is 33.1. The number of aromatic amines is 1. The minimum absolute atomic E-state index is 0.00771. The molecule has 1 fully saturated rings. The van der Waals surface area contributed by atoms with Crippen LogP contribution in [0, 0.1) is 11.8 Å². The number of carbonyl (C=O) groups excluding carboxylic acids is 14. The van der Waals surface area contributed by atoms with Gasteiger partial charge in [-0.3, -0.25) is 67.1 Å². The number of H-pyrrole nitrogens is 1. The molecule has 46 heteroatoms. The fourth-order valence-electron chi connectivity index (χ4n) is 14.0. The maximum absolute atomic E-state index is 15.3. The smallest absolute Gasteiger partial charge is 0.327 e. The number of aliphatic hydroxyl groups is 3. The third kappa shape index (κ3) is 33.1. The Morgan fingerprint density at radius 3 is 1.83 bits per heavy atom. The third-order valence-electron chi connectivity index (χ3n) is 21.4. The number of ether oxygens (including phenoxy) is 1. The molecule has 23 N–H and O–H groups in total. The van der Waals surface area contributed by atoms with E-state index in [9.17, 15) is 117 Å². The van der Waals surface area contributed by atoms with Crippen LogP contribution >= 0.6 is 21.6 Å². The number of benzene rings is 3. The van der Waals surface area contributed by atoms with Crippen molar-refractivity contribution in [3.05, 3.63) is 95.6 Å². The zero-order valence-corrected chi connectivity index (χ0v) is 73.0. The van der Waals surface area contributed by atoms with Gasteiger partial charge >= 0.3 is 29.9 Å². The lowest BCUT2D eigenvalue weighted by atomic mass is 9.93. The summed E-state index contributed by atoms with van der Waals surface area (Å²) < 4.78 is 21.4. The molecule has 1 saturated heterocycles. The molecular formula is C82H112N16O27S3. The minimum Gasteiger partial charge on any atom is -0.610 e. The predicted molar refractivity (Wildman–Crippen MR) is 461 cm³/mol. The summed E-state index contributed by atoms with van der Waals surface area (Å²) >= 11 is -2.52. The van der Waals surface area contributed by atoms with E-state index in [4.69, 9.17) is 15.6 Å². The van der Waals surface area contributed by atoms with Crippen molar-refractivity contribution < 1.29 is 131 Å². The molecule has 0 aliphatic carbocycles. The lowest BCUT2D eigenvalue weighted by Gasteiger charge is -2.32. The number of primary amides is 1. The minimum atomic E-state index is -2.52. The summed E-state index contributed by atoms with van der Waals surface area (Å²) in [5, 5.41) is 102. The maximum Gasteiger partial charge on any atom is 0.327 e. The molecule has 16 atom stereocenters. The number of aliphatic carboxylic acids is 4. The standard InChI is InChI=1S/C82H112N16O27S3/c1-4-43(2)68-75(114)86-37-65(105)88-59-42-128(124)77-50(35-56(70(109)85-38-66(106)96-68)90-76(115)69(44(3)61(101)40-99)97-74(113)60-33-47(100)39-98(60)78(116)57(36-62(83)102)91-73(59)112)49-23-22-48(34-53(49)93-77)125-29-16-30-126-127-41-58(81(121)122)92-72(111)55(32-46-19-12-9-13-20-46)89-71(110)54(31-45-17-10-8-11-18-45)87-64(104)21-14-6-5-7-15-28-84-63(103)26-24-51(79(117)118)94-82(123)95-52(80(119)120)25-27-67(107)108/h8-13,17-20,22-23,34,43-44,47,51-52,54-61,68-69,93,99-101H,4-7,14-16,21,24-33,35-42H2,1-3H3,(H2,83,102)(H,84,103)(H,85,109)(H,86,114)(H,87,104)(H,88,105)(H,89,110)(H,90,115)(H,91,112)(H,92,111)(H,96,106)(H,97,113)(H,107,108)(H,117,118)(H,119,120)(H,121,122)(H2,94,95,123)/t43-,44-,47+,51?,52?,54-,55-,56+,57-,58-,59-,60-,61-,68-,69-,128?/m0/s1. The van der Waals surface area contributed by atoms with Crippen molar-refractivity contribution in [3.63, 3.8) is 0 Å². The zero-order chi connectivity index (χ0) is 93.8. The van der Waals surface area contributed by atoms with Crippen molar-refractivity contribution in [2.75, 3.05) is 56.7 Å². The number of nitrogens with zero attached hydrogens (tertiary/aromatic N) is 1. The Bertz CT molecular complexity index is 4580. The first kappa shape index (κ1) is 103. The Kier molecular flexibility index (Phi) is 41.8. The van der Waals surface area contributed by atoms with Gasteiger partial charge in [0.15, 0.2) is 6.04 Å². The molecule has 15 amide bonds. The number of amides is 15. The second-order valence-corrected chi connectivity index (χ2v) is 35.2. The van der Waals surface area contributed by atoms with E-state index in [0.717, 1.165) is 15.7 Å². The quantitative estimate of drug-likeness (QED) is 0.0118. The molecule has 3 unspecified atom stereocenters. The molecule has 1 aromatic heterocycles. The molecule has 3 aromatic carbocycles. The topological polar surface area (TPSA) is 683 Å². The normalized spacial score (nSPS) is 20.9. The van der Waals surface area contributed by atoms with Gasteiger partial charge in [0.2, 0.25) is 81.8 Å². The van der Waals surface area contributed by atoms with Crippen LogP contribution in [0.4, 0.5) is 4.79 Å². The molecule has 4 aromatic rings. The maximum atomic E-state index is 15.3. The van der Waals surface area contributed by atoms with Gasteiger partial charge in [-0.25, -0.2) is 19.2 Å². The van der Waals surface area contributed by atoms with E-state index >= 15 is 4.55 Å². The van der Waals surface area contributed by atoms with Crippen molar-refractivity contribution in [2.24, 2.45) is 17.6 Å². The Morgan fingerprint density at radius 1 is 0.625 bits per heavy atom. The summed E-state index contributed by atoms with van der Waals surface area (Å²) in [4.78, 5) is 246. The first-order valence-corrected chi connectivity index (χ1v) is 45.5. The first-order valence-electron chi connectivity index (χ1n) is 41.7. The van der Waals surface area contributed by atoms with Crippen molar-refractivity contribution >= 4 is 150 Å². The lowest BCUT2D eigenvalue weighted by Crippen LogP contribution is -2.62. The molecular weight excluding hydrogens is 1740 g/mol. The van der Waals surface area contributed by atoms with E-state index in [1.54, 1.807) is 74.5 Å². The molecule has 128 heavy (non-hydrogen) atoms. The van der Waals surface area contributed by atoms with Gasteiger partial charge in [-0.05, 0) is 61.3 Å². The number of rotatable bonds is 43. The number of hydrogen-bond donors (Lipinski definition) is 22. The van der Waals surface area contributed by atoms with Crippen LogP contribution in [-0.2, 0) is 112 Å². The number of carbonyl (C=O) groups is 18. The van der Waals surface area contributed by atoms with Crippen molar-refractivity contribution in [3.8, 4) is 5.75 Å². The van der Waals surface area contributed by atoms with Gasteiger partial charge in [0.25, 0.3) is 0 Å². The number of aromatic nitrogens is 1. The Hall–Kier alpha value is -11.8. The van der Waals surface area contributed by atoms with Crippen LogP contribution in [-0.4, -0.2) is 292 Å². The molecule has 43 nitrogen and oxygen atoms in total. The van der Waals surface area contributed by atoms with Gasteiger partial charge in [-0.15, -0.1) is 0 Å². The van der Waals surface area contributed by atoms with Crippen molar-refractivity contribution in [1.29, 1.82) is 0 Å². The molecule has 2 bridgehead atoms.